The summed E-state index contributed by atoms with van der Waals surface area (Å²) >= 11 is 1.06. The molecule has 0 bridgehead atoms. The van der Waals surface area contributed by atoms with E-state index in [1.807, 2.05) is 6.92 Å². The van der Waals surface area contributed by atoms with Crippen LogP contribution in [0.25, 0.3) is 0 Å². The van der Waals surface area contributed by atoms with E-state index in [1.165, 1.54) is 12.5 Å². The second-order valence-electron chi connectivity index (χ2n) is 3.69. The van der Waals surface area contributed by atoms with Crippen LogP contribution < -0.4 is 5.32 Å². The van der Waals surface area contributed by atoms with E-state index in [9.17, 15) is 13.2 Å². The van der Waals surface area contributed by atoms with Crippen LogP contribution in [-0.2, 0) is 10.9 Å². The number of halogens is 3. The summed E-state index contributed by atoms with van der Waals surface area (Å²) in [5.74, 6) is 0. The summed E-state index contributed by atoms with van der Waals surface area (Å²) < 4.78 is 43.6. The average Bonchev–Trinajstić information content (AvgIpc) is 2.73. The topological polar surface area (TPSA) is 21.3 Å². The number of thiophene rings is 1. The van der Waals surface area contributed by atoms with Crippen molar-refractivity contribution in [2.24, 2.45) is 0 Å². The molecule has 0 saturated carbocycles. The van der Waals surface area contributed by atoms with Gasteiger partial charge in [0.05, 0.1) is 17.7 Å². The van der Waals surface area contributed by atoms with Crippen LogP contribution in [0.4, 0.5) is 13.2 Å². The number of ether oxygens (including phenoxy) is 1. The lowest BCUT2D eigenvalue weighted by molar-refractivity contribution is -0.138. The molecule has 0 fully saturated rings. The molecule has 2 atom stereocenters. The van der Waals surface area contributed by atoms with Crippen LogP contribution in [0.1, 0.15) is 30.5 Å². The zero-order valence-electron chi connectivity index (χ0n) is 9.97. The molecule has 2 unspecified atom stereocenters. The molecule has 0 aromatic carbocycles. The molecule has 1 aromatic heterocycles. The summed E-state index contributed by atoms with van der Waals surface area (Å²) in [4.78, 5) is 0. The van der Waals surface area contributed by atoms with Gasteiger partial charge in [-0.1, -0.05) is 6.92 Å². The second kappa shape index (κ2) is 5.84. The van der Waals surface area contributed by atoms with Gasteiger partial charge in [-0.2, -0.15) is 24.5 Å². The van der Waals surface area contributed by atoms with Crippen molar-refractivity contribution in [3.63, 3.8) is 0 Å². The van der Waals surface area contributed by atoms with Crippen molar-refractivity contribution in [3.05, 3.63) is 21.9 Å². The minimum absolute atomic E-state index is 0.263. The zero-order chi connectivity index (χ0) is 13.1. The standard InChI is InChI=1S/C11H16F3NOS/c1-4-9(16-3)10(15-2)7-5-17-6-8(7)11(12,13)14/h5-6,9-10,15H,4H2,1-3H3. The summed E-state index contributed by atoms with van der Waals surface area (Å²) in [6.07, 6.45) is -3.93. The maximum atomic E-state index is 12.8. The molecule has 1 rings (SSSR count). The molecular formula is C11H16F3NOS. The Balaban J connectivity index is 3.08. The Morgan fingerprint density at radius 2 is 2.06 bits per heavy atom. The van der Waals surface area contributed by atoms with Crippen molar-refractivity contribution in [1.29, 1.82) is 0 Å². The highest BCUT2D eigenvalue weighted by Gasteiger charge is 2.37. The Bertz CT molecular complexity index is 347. The molecule has 1 heterocycles. The van der Waals surface area contributed by atoms with Crippen molar-refractivity contribution in [2.75, 3.05) is 14.2 Å². The summed E-state index contributed by atoms with van der Waals surface area (Å²) in [5.41, 5.74) is -0.309. The molecule has 0 spiro atoms. The second-order valence-corrected chi connectivity index (χ2v) is 4.43. The maximum Gasteiger partial charge on any atom is 0.417 e. The van der Waals surface area contributed by atoms with E-state index < -0.39 is 17.8 Å². The third kappa shape index (κ3) is 3.20. The zero-order valence-corrected chi connectivity index (χ0v) is 10.8. The third-order valence-electron chi connectivity index (χ3n) is 2.72. The fourth-order valence-corrected chi connectivity index (χ4v) is 2.75. The molecular weight excluding hydrogens is 251 g/mol. The van der Waals surface area contributed by atoms with Gasteiger partial charge in [-0.3, -0.25) is 0 Å². The molecule has 0 aliphatic carbocycles. The molecule has 17 heavy (non-hydrogen) atoms. The Hall–Kier alpha value is -0.590. The quantitative estimate of drug-likeness (QED) is 0.882. The van der Waals surface area contributed by atoms with Crippen LogP contribution in [0.5, 0.6) is 0 Å². The minimum Gasteiger partial charge on any atom is -0.379 e. The van der Waals surface area contributed by atoms with E-state index in [-0.39, 0.29) is 11.7 Å². The lowest BCUT2D eigenvalue weighted by Crippen LogP contribution is -2.31. The number of alkyl halides is 3. The van der Waals surface area contributed by atoms with Crippen LogP contribution in [0.15, 0.2) is 10.8 Å². The van der Waals surface area contributed by atoms with Gasteiger partial charge < -0.3 is 10.1 Å². The predicted molar refractivity (Wildman–Crippen MR) is 62.2 cm³/mol. The number of likely N-dealkylation sites (N-methyl/N-ethyl adjacent to an activating group) is 1. The average molecular weight is 267 g/mol. The first-order valence-electron chi connectivity index (χ1n) is 5.29. The van der Waals surface area contributed by atoms with E-state index in [1.54, 1.807) is 7.05 Å². The van der Waals surface area contributed by atoms with E-state index in [2.05, 4.69) is 5.32 Å². The number of nitrogens with one attached hydrogen (secondary N) is 1. The predicted octanol–water partition coefficient (Wildman–Crippen LogP) is 3.45. The fourth-order valence-electron chi connectivity index (χ4n) is 1.86. The Morgan fingerprint density at radius 3 is 2.47 bits per heavy atom. The first-order chi connectivity index (χ1) is 7.95. The lowest BCUT2D eigenvalue weighted by Gasteiger charge is -2.25. The van der Waals surface area contributed by atoms with Crippen molar-refractivity contribution >= 4 is 11.3 Å². The SMILES string of the molecule is CCC(OC)C(NC)c1cscc1C(F)(F)F. The van der Waals surface area contributed by atoms with E-state index in [0.29, 0.717) is 6.42 Å². The van der Waals surface area contributed by atoms with Crippen molar-refractivity contribution < 1.29 is 17.9 Å². The molecule has 0 aliphatic heterocycles. The van der Waals surface area contributed by atoms with Crippen molar-refractivity contribution in [3.8, 4) is 0 Å². The minimum atomic E-state index is -4.31. The molecule has 0 saturated heterocycles. The van der Waals surface area contributed by atoms with Gasteiger partial charge in [-0.25, -0.2) is 0 Å². The third-order valence-corrected chi connectivity index (χ3v) is 3.48. The van der Waals surface area contributed by atoms with Gasteiger partial charge >= 0.3 is 6.18 Å². The maximum absolute atomic E-state index is 12.8. The molecule has 1 N–H and O–H groups in total. The Labute approximate surface area is 103 Å². The molecule has 0 amide bonds. The number of methoxy groups -OCH3 is 1. The van der Waals surface area contributed by atoms with Crippen LogP contribution >= 0.6 is 11.3 Å². The highest BCUT2D eigenvalue weighted by Crippen LogP contribution is 2.38. The molecule has 0 radical (unpaired) electrons. The van der Waals surface area contributed by atoms with Crippen molar-refractivity contribution in [2.45, 2.75) is 31.7 Å². The summed E-state index contributed by atoms with van der Waals surface area (Å²) in [5, 5.41) is 5.57. The smallest absolute Gasteiger partial charge is 0.379 e. The van der Waals surface area contributed by atoms with E-state index >= 15 is 0 Å². The van der Waals surface area contributed by atoms with Gasteiger partial charge in [0.1, 0.15) is 0 Å². The molecule has 2 nitrogen and oxygen atoms in total. The summed E-state index contributed by atoms with van der Waals surface area (Å²) in [7, 11) is 3.16. The van der Waals surface area contributed by atoms with Crippen LogP contribution in [-0.4, -0.2) is 20.3 Å². The van der Waals surface area contributed by atoms with Gasteiger partial charge in [0.25, 0.3) is 0 Å². The number of hydrogen-bond acceptors (Lipinski definition) is 3. The van der Waals surface area contributed by atoms with Gasteiger partial charge in [0.2, 0.25) is 0 Å². The van der Waals surface area contributed by atoms with E-state index in [4.69, 9.17) is 4.74 Å². The van der Waals surface area contributed by atoms with Gasteiger partial charge in [-0.15, -0.1) is 0 Å². The highest BCUT2D eigenvalue weighted by atomic mass is 32.1. The van der Waals surface area contributed by atoms with Crippen LogP contribution in [0.2, 0.25) is 0 Å². The Morgan fingerprint density at radius 1 is 1.41 bits per heavy atom. The van der Waals surface area contributed by atoms with Crippen LogP contribution in [0, 0.1) is 0 Å². The number of rotatable bonds is 5. The van der Waals surface area contributed by atoms with Gasteiger partial charge in [0.15, 0.2) is 0 Å². The molecule has 0 aliphatic rings. The fraction of sp³-hybridized carbons (Fsp3) is 0.636. The molecule has 1 aromatic rings. The summed E-state index contributed by atoms with van der Waals surface area (Å²) in [6, 6.07) is -0.437. The molecule has 98 valence electrons. The highest BCUT2D eigenvalue weighted by molar-refractivity contribution is 7.08. The Kier molecular flexibility index (Phi) is 4.97. The first kappa shape index (κ1) is 14.5. The van der Waals surface area contributed by atoms with E-state index in [0.717, 1.165) is 16.7 Å². The largest absolute Gasteiger partial charge is 0.417 e. The van der Waals surface area contributed by atoms with Gasteiger partial charge in [0, 0.05) is 12.5 Å². The normalized spacial score (nSPS) is 15.9. The number of hydrogen-bond donors (Lipinski definition) is 1. The van der Waals surface area contributed by atoms with Crippen LogP contribution in [0.3, 0.4) is 0 Å². The lowest BCUT2D eigenvalue weighted by atomic mass is 9.98. The first-order valence-corrected chi connectivity index (χ1v) is 6.23. The molecule has 6 heteroatoms. The van der Waals surface area contributed by atoms with Gasteiger partial charge in [-0.05, 0) is 24.4 Å². The summed E-state index contributed by atoms with van der Waals surface area (Å²) in [6.45, 7) is 1.89. The van der Waals surface area contributed by atoms with Crippen molar-refractivity contribution in [1.82, 2.24) is 5.32 Å². The monoisotopic (exact) mass is 267 g/mol.